The van der Waals surface area contributed by atoms with Crippen molar-refractivity contribution in [2.24, 2.45) is 0 Å². The van der Waals surface area contributed by atoms with Crippen LogP contribution in [-0.2, 0) is 11.2 Å². The summed E-state index contributed by atoms with van der Waals surface area (Å²) in [4.78, 5) is 16.1. The summed E-state index contributed by atoms with van der Waals surface area (Å²) in [6, 6.07) is 17.6. The van der Waals surface area contributed by atoms with E-state index in [-0.39, 0.29) is 18.3 Å². The number of pyridine rings is 1. The first-order valence-corrected chi connectivity index (χ1v) is 7.79. The molecule has 1 amide bonds. The van der Waals surface area contributed by atoms with Crippen LogP contribution in [0, 0.1) is 0 Å². The molecule has 2 aromatic carbocycles. The quantitative estimate of drug-likeness (QED) is 0.620. The van der Waals surface area contributed by atoms with Gasteiger partial charge < -0.3 is 4.42 Å². The van der Waals surface area contributed by atoms with Gasteiger partial charge in [0.25, 0.3) is 0 Å². The Bertz CT molecular complexity index is 1030. The maximum atomic E-state index is 12.2. The molecule has 4 rings (SSSR count). The Morgan fingerprint density at radius 2 is 1.76 bits per heavy atom. The van der Waals surface area contributed by atoms with Gasteiger partial charge >= 0.3 is 6.01 Å². The van der Waals surface area contributed by atoms with Gasteiger partial charge in [0.05, 0.1) is 6.42 Å². The summed E-state index contributed by atoms with van der Waals surface area (Å²) >= 11 is 0. The van der Waals surface area contributed by atoms with Crippen LogP contribution in [0.1, 0.15) is 5.56 Å². The highest BCUT2D eigenvalue weighted by Crippen LogP contribution is 2.19. The molecule has 4 aromatic rings. The number of amides is 1. The van der Waals surface area contributed by atoms with Gasteiger partial charge in [0.2, 0.25) is 11.8 Å². The molecule has 6 heteroatoms. The van der Waals surface area contributed by atoms with Gasteiger partial charge in [0.1, 0.15) is 0 Å². The van der Waals surface area contributed by atoms with E-state index in [1.807, 2.05) is 42.5 Å². The molecule has 2 heterocycles. The van der Waals surface area contributed by atoms with E-state index in [4.69, 9.17) is 4.42 Å². The van der Waals surface area contributed by atoms with Gasteiger partial charge in [0.15, 0.2) is 0 Å². The number of anilines is 1. The lowest BCUT2D eigenvalue weighted by Crippen LogP contribution is -2.14. The molecule has 0 saturated carbocycles. The minimum absolute atomic E-state index is 0.0811. The van der Waals surface area contributed by atoms with Crippen molar-refractivity contribution in [1.29, 1.82) is 0 Å². The molecule has 0 saturated heterocycles. The third-order valence-electron chi connectivity index (χ3n) is 3.78. The highest BCUT2D eigenvalue weighted by atomic mass is 16.4. The Hall–Kier alpha value is -3.54. The van der Waals surface area contributed by atoms with Crippen molar-refractivity contribution in [1.82, 2.24) is 15.2 Å². The summed E-state index contributed by atoms with van der Waals surface area (Å²) in [5.74, 6) is 0.128. The molecule has 0 aliphatic rings. The van der Waals surface area contributed by atoms with Crippen molar-refractivity contribution in [3.05, 3.63) is 72.6 Å². The molecule has 0 fully saturated rings. The Morgan fingerprint density at radius 3 is 2.60 bits per heavy atom. The van der Waals surface area contributed by atoms with E-state index in [0.29, 0.717) is 5.89 Å². The van der Waals surface area contributed by atoms with Crippen LogP contribution in [0.2, 0.25) is 0 Å². The van der Waals surface area contributed by atoms with E-state index < -0.39 is 0 Å². The van der Waals surface area contributed by atoms with Gasteiger partial charge in [-0.15, -0.1) is 5.10 Å². The molecular weight excluding hydrogens is 316 g/mol. The number of benzene rings is 2. The molecule has 0 unspecified atom stereocenters. The summed E-state index contributed by atoms with van der Waals surface area (Å²) in [6.07, 6.45) is 3.51. The monoisotopic (exact) mass is 330 g/mol. The van der Waals surface area contributed by atoms with E-state index in [0.717, 1.165) is 21.9 Å². The van der Waals surface area contributed by atoms with Crippen LogP contribution < -0.4 is 5.32 Å². The van der Waals surface area contributed by atoms with Gasteiger partial charge in [-0.1, -0.05) is 47.6 Å². The molecule has 0 aliphatic heterocycles. The second-order valence-electron chi connectivity index (χ2n) is 5.55. The maximum Gasteiger partial charge on any atom is 0.322 e. The summed E-state index contributed by atoms with van der Waals surface area (Å²) in [5.41, 5.74) is 1.67. The predicted molar refractivity (Wildman–Crippen MR) is 93.8 cm³/mol. The fourth-order valence-electron chi connectivity index (χ4n) is 2.58. The zero-order valence-corrected chi connectivity index (χ0v) is 13.2. The van der Waals surface area contributed by atoms with E-state index in [1.54, 1.807) is 24.5 Å². The van der Waals surface area contributed by atoms with Crippen molar-refractivity contribution in [2.75, 3.05) is 5.32 Å². The first-order chi connectivity index (χ1) is 12.3. The molecule has 1 N–H and O–H groups in total. The molecule has 0 bridgehead atoms. The van der Waals surface area contributed by atoms with E-state index in [9.17, 15) is 4.79 Å². The van der Waals surface area contributed by atoms with Crippen molar-refractivity contribution in [3.8, 4) is 11.5 Å². The lowest BCUT2D eigenvalue weighted by Gasteiger charge is -2.03. The fourth-order valence-corrected chi connectivity index (χ4v) is 2.58. The topological polar surface area (TPSA) is 80.9 Å². The number of carbonyl (C=O) groups excluding carboxylic acids is 1. The average Bonchev–Trinajstić information content (AvgIpc) is 3.10. The molecule has 0 aliphatic carbocycles. The van der Waals surface area contributed by atoms with Crippen LogP contribution in [-0.4, -0.2) is 21.1 Å². The normalized spacial score (nSPS) is 10.7. The number of hydrogen-bond donors (Lipinski definition) is 1. The Balaban J connectivity index is 1.46. The lowest BCUT2D eigenvalue weighted by molar-refractivity contribution is -0.115. The standard InChI is InChI=1S/C19H14N4O2/c24-17(12-13-5-6-14-3-1-2-4-16(14)11-13)21-19-23-22-18(25-19)15-7-9-20-10-8-15/h1-11H,12H2,(H,21,23,24). The predicted octanol–water partition coefficient (Wildman–Crippen LogP) is 3.47. The molecule has 0 spiro atoms. The zero-order valence-electron chi connectivity index (χ0n) is 13.2. The van der Waals surface area contributed by atoms with Crippen molar-refractivity contribution in [2.45, 2.75) is 6.42 Å². The summed E-state index contributed by atoms with van der Waals surface area (Å²) in [7, 11) is 0. The summed E-state index contributed by atoms with van der Waals surface area (Å²) < 4.78 is 5.47. The second kappa shape index (κ2) is 6.52. The van der Waals surface area contributed by atoms with E-state index >= 15 is 0 Å². The van der Waals surface area contributed by atoms with E-state index in [1.165, 1.54) is 0 Å². The highest BCUT2D eigenvalue weighted by Gasteiger charge is 2.12. The number of fused-ring (bicyclic) bond motifs is 1. The second-order valence-corrected chi connectivity index (χ2v) is 5.55. The summed E-state index contributed by atoms with van der Waals surface area (Å²) in [5, 5.41) is 12.7. The van der Waals surface area contributed by atoms with Crippen LogP contribution in [0.4, 0.5) is 6.01 Å². The van der Waals surface area contributed by atoms with Crippen LogP contribution >= 0.6 is 0 Å². The molecule has 0 atom stereocenters. The van der Waals surface area contributed by atoms with Gasteiger partial charge in [-0.25, -0.2) is 0 Å². The van der Waals surface area contributed by atoms with Crippen LogP contribution in [0.5, 0.6) is 0 Å². The molecule has 122 valence electrons. The number of rotatable bonds is 4. The fraction of sp³-hybridized carbons (Fsp3) is 0.0526. The number of hydrogen-bond acceptors (Lipinski definition) is 5. The first kappa shape index (κ1) is 15.0. The van der Waals surface area contributed by atoms with Crippen molar-refractivity contribution < 1.29 is 9.21 Å². The van der Waals surface area contributed by atoms with Crippen LogP contribution in [0.25, 0.3) is 22.2 Å². The van der Waals surface area contributed by atoms with Gasteiger partial charge in [0, 0.05) is 18.0 Å². The van der Waals surface area contributed by atoms with E-state index in [2.05, 4.69) is 20.5 Å². The number of nitrogens with zero attached hydrogens (tertiary/aromatic N) is 3. The largest absolute Gasteiger partial charge is 0.403 e. The molecule has 0 radical (unpaired) electrons. The average molecular weight is 330 g/mol. The van der Waals surface area contributed by atoms with Crippen LogP contribution in [0.15, 0.2) is 71.4 Å². The first-order valence-electron chi connectivity index (χ1n) is 7.79. The van der Waals surface area contributed by atoms with Crippen molar-refractivity contribution >= 4 is 22.7 Å². The molecule has 6 nitrogen and oxygen atoms in total. The lowest BCUT2D eigenvalue weighted by atomic mass is 10.1. The summed E-state index contributed by atoms with van der Waals surface area (Å²) in [6.45, 7) is 0. The molecular formula is C19H14N4O2. The van der Waals surface area contributed by atoms with Gasteiger partial charge in [-0.05, 0) is 28.5 Å². The smallest absolute Gasteiger partial charge is 0.322 e. The highest BCUT2D eigenvalue weighted by molar-refractivity contribution is 5.91. The van der Waals surface area contributed by atoms with Gasteiger partial charge in [-0.2, -0.15) is 0 Å². The van der Waals surface area contributed by atoms with Crippen molar-refractivity contribution in [3.63, 3.8) is 0 Å². The third kappa shape index (κ3) is 3.37. The minimum atomic E-state index is -0.208. The molecule has 2 aromatic heterocycles. The SMILES string of the molecule is O=C(Cc1ccc2ccccc2c1)Nc1nnc(-c2ccncc2)o1. The zero-order chi connectivity index (χ0) is 17.1. The van der Waals surface area contributed by atoms with Crippen LogP contribution in [0.3, 0.4) is 0 Å². The minimum Gasteiger partial charge on any atom is -0.403 e. The Labute approximate surface area is 143 Å². The third-order valence-corrected chi connectivity index (χ3v) is 3.78. The van der Waals surface area contributed by atoms with Gasteiger partial charge in [-0.3, -0.25) is 15.1 Å². The number of nitrogens with one attached hydrogen (secondary N) is 1. The maximum absolute atomic E-state index is 12.2. The number of carbonyl (C=O) groups is 1. The number of aromatic nitrogens is 3. The Kier molecular flexibility index (Phi) is 3.92. The Morgan fingerprint density at radius 1 is 0.960 bits per heavy atom. The molecule has 25 heavy (non-hydrogen) atoms.